The topological polar surface area (TPSA) is 49.4 Å². The van der Waals surface area contributed by atoms with E-state index < -0.39 is 6.04 Å². The smallest absolute Gasteiger partial charge is 0.259 e. The van der Waals surface area contributed by atoms with E-state index in [-0.39, 0.29) is 11.8 Å². The maximum atomic E-state index is 12.9. The van der Waals surface area contributed by atoms with Gasteiger partial charge >= 0.3 is 0 Å². The van der Waals surface area contributed by atoms with Gasteiger partial charge in [-0.25, -0.2) is 0 Å². The summed E-state index contributed by atoms with van der Waals surface area (Å²) in [5.41, 5.74) is 3.33. The third-order valence-electron chi connectivity index (χ3n) is 5.01. The quantitative estimate of drug-likeness (QED) is 0.763. The van der Waals surface area contributed by atoms with Gasteiger partial charge < -0.3 is 5.32 Å². The molecule has 1 aliphatic heterocycles. The zero-order chi connectivity index (χ0) is 18.3. The number of carbonyl (C=O) groups is 2. The molecule has 1 unspecified atom stereocenters. The van der Waals surface area contributed by atoms with Crippen LogP contribution < -0.4 is 10.2 Å². The minimum Gasteiger partial charge on any atom is -0.324 e. The SMILES string of the molecule is CCc1ccccc1NC(=O)C(C)N1C(=O)c2cccc3cccc1c23. The summed E-state index contributed by atoms with van der Waals surface area (Å²) in [7, 11) is 0. The highest BCUT2D eigenvalue weighted by molar-refractivity contribution is 6.26. The van der Waals surface area contributed by atoms with Crippen LogP contribution in [-0.2, 0) is 11.2 Å². The van der Waals surface area contributed by atoms with Crippen LogP contribution in [0.5, 0.6) is 0 Å². The summed E-state index contributed by atoms with van der Waals surface area (Å²) < 4.78 is 0. The average Bonchev–Trinajstić information content (AvgIpc) is 2.96. The monoisotopic (exact) mass is 344 g/mol. The standard InChI is InChI=1S/C22H20N2O2/c1-3-15-8-4-5-12-18(15)23-21(25)14(2)24-19-13-7-10-16-9-6-11-17(20(16)19)22(24)26/h4-14H,3H2,1-2H3,(H,23,25). The number of nitrogens with zero attached hydrogens (tertiary/aromatic N) is 1. The van der Waals surface area contributed by atoms with E-state index >= 15 is 0 Å². The number of carbonyl (C=O) groups excluding carboxylic acids is 2. The largest absolute Gasteiger partial charge is 0.324 e. The molecule has 0 saturated heterocycles. The number of hydrogen-bond acceptors (Lipinski definition) is 2. The lowest BCUT2D eigenvalue weighted by Crippen LogP contribution is -2.44. The maximum absolute atomic E-state index is 12.9. The van der Waals surface area contributed by atoms with Gasteiger partial charge in [-0.05, 0) is 42.5 Å². The van der Waals surface area contributed by atoms with Gasteiger partial charge in [-0.1, -0.05) is 49.4 Å². The van der Waals surface area contributed by atoms with E-state index in [0.29, 0.717) is 5.56 Å². The first-order chi connectivity index (χ1) is 12.6. The van der Waals surface area contributed by atoms with Crippen LogP contribution in [0.1, 0.15) is 29.8 Å². The molecule has 0 aliphatic carbocycles. The second kappa shape index (κ2) is 6.30. The second-order valence-electron chi connectivity index (χ2n) is 6.53. The first-order valence-corrected chi connectivity index (χ1v) is 8.86. The molecule has 0 bridgehead atoms. The molecule has 26 heavy (non-hydrogen) atoms. The number of hydrogen-bond donors (Lipinski definition) is 1. The van der Waals surface area contributed by atoms with Gasteiger partial charge in [0.2, 0.25) is 5.91 Å². The Morgan fingerprint density at radius 1 is 1.04 bits per heavy atom. The lowest BCUT2D eigenvalue weighted by atomic mass is 10.1. The molecule has 4 rings (SSSR count). The fraction of sp³-hybridized carbons (Fsp3) is 0.182. The number of para-hydroxylation sites is 1. The molecule has 4 heteroatoms. The van der Waals surface area contributed by atoms with Gasteiger partial charge in [0.25, 0.3) is 5.91 Å². The highest BCUT2D eigenvalue weighted by Gasteiger charge is 2.35. The average molecular weight is 344 g/mol. The third-order valence-corrected chi connectivity index (χ3v) is 5.01. The second-order valence-corrected chi connectivity index (χ2v) is 6.53. The molecule has 0 spiro atoms. The summed E-state index contributed by atoms with van der Waals surface area (Å²) >= 11 is 0. The molecular weight excluding hydrogens is 324 g/mol. The number of anilines is 2. The van der Waals surface area contributed by atoms with E-state index in [1.54, 1.807) is 11.8 Å². The van der Waals surface area contributed by atoms with E-state index in [2.05, 4.69) is 12.2 Å². The summed E-state index contributed by atoms with van der Waals surface area (Å²) in [6.07, 6.45) is 0.832. The molecular formula is C22H20N2O2. The number of nitrogens with one attached hydrogen (secondary N) is 1. The van der Waals surface area contributed by atoms with Crippen molar-refractivity contribution in [2.45, 2.75) is 26.3 Å². The molecule has 3 aromatic rings. The maximum Gasteiger partial charge on any atom is 0.259 e. The lowest BCUT2D eigenvalue weighted by Gasteiger charge is -2.25. The van der Waals surface area contributed by atoms with Gasteiger partial charge in [-0.3, -0.25) is 14.5 Å². The molecule has 4 nitrogen and oxygen atoms in total. The van der Waals surface area contributed by atoms with Crippen LogP contribution in [0.2, 0.25) is 0 Å². The Labute approximate surface area is 152 Å². The number of amides is 2. The minimum absolute atomic E-state index is 0.122. The van der Waals surface area contributed by atoms with Crippen molar-refractivity contribution in [3.8, 4) is 0 Å². The predicted octanol–water partition coefficient (Wildman–Crippen LogP) is 4.39. The zero-order valence-electron chi connectivity index (χ0n) is 14.8. The number of rotatable bonds is 4. The van der Waals surface area contributed by atoms with Crippen molar-refractivity contribution in [1.82, 2.24) is 0 Å². The van der Waals surface area contributed by atoms with Crippen LogP contribution in [0.4, 0.5) is 11.4 Å². The summed E-state index contributed by atoms with van der Waals surface area (Å²) in [5, 5.41) is 4.92. The molecule has 0 fully saturated rings. The van der Waals surface area contributed by atoms with Crippen LogP contribution in [0.3, 0.4) is 0 Å². The van der Waals surface area contributed by atoms with Crippen molar-refractivity contribution < 1.29 is 9.59 Å². The van der Waals surface area contributed by atoms with Gasteiger partial charge in [0.15, 0.2) is 0 Å². The van der Waals surface area contributed by atoms with Gasteiger partial charge in [0.05, 0.1) is 5.69 Å². The van der Waals surface area contributed by atoms with Crippen molar-refractivity contribution in [3.63, 3.8) is 0 Å². The summed E-state index contributed by atoms with van der Waals surface area (Å²) in [6, 6.07) is 18.6. The van der Waals surface area contributed by atoms with Gasteiger partial charge in [0, 0.05) is 16.6 Å². The van der Waals surface area contributed by atoms with Crippen molar-refractivity contribution in [3.05, 3.63) is 71.8 Å². The van der Waals surface area contributed by atoms with Crippen LogP contribution >= 0.6 is 0 Å². The summed E-state index contributed by atoms with van der Waals surface area (Å²) in [4.78, 5) is 27.4. The molecule has 2 amide bonds. The Bertz CT molecular complexity index is 1020. The van der Waals surface area contributed by atoms with Crippen LogP contribution in [0.25, 0.3) is 10.8 Å². The Balaban J connectivity index is 1.67. The van der Waals surface area contributed by atoms with Crippen LogP contribution in [0, 0.1) is 0 Å². The third kappa shape index (κ3) is 2.46. The molecule has 1 atom stereocenters. The highest BCUT2D eigenvalue weighted by atomic mass is 16.2. The fourth-order valence-electron chi connectivity index (χ4n) is 3.63. The minimum atomic E-state index is -0.606. The number of benzene rings is 3. The molecule has 0 saturated carbocycles. The Morgan fingerprint density at radius 3 is 2.54 bits per heavy atom. The Morgan fingerprint density at radius 2 is 1.77 bits per heavy atom. The number of aryl methyl sites for hydroxylation is 1. The molecule has 0 aromatic heterocycles. The van der Waals surface area contributed by atoms with Crippen molar-refractivity contribution in [1.29, 1.82) is 0 Å². The van der Waals surface area contributed by atoms with E-state index in [1.165, 1.54) is 0 Å². The first-order valence-electron chi connectivity index (χ1n) is 8.86. The van der Waals surface area contributed by atoms with Crippen molar-refractivity contribution >= 4 is 34.0 Å². The summed E-state index contributed by atoms with van der Waals surface area (Å²) in [5.74, 6) is -0.313. The van der Waals surface area contributed by atoms with Crippen LogP contribution in [0.15, 0.2) is 60.7 Å². The van der Waals surface area contributed by atoms with E-state index in [0.717, 1.165) is 34.1 Å². The molecule has 0 radical (unpaired) electrons. The Hall–Kier alpha value is -3.14. The van der Waals surface area contributed by atoms with Crippen molar-refractivity contribution in [2.75, 3.05) is 10.2 Å². The first kappa shape index (κ1) is 16.3. The fourth-order valence-corrected chi connectivity index (χ4v) is 3.63. The van der Waals surface area contributed by atoms with Gasteiger partial charge in [0.1, 0.15) is 6.04 Å². The molecule has 1 aliphatic rings. The van der Waals surface area contributed by atoms with E-state index in [1.807, 2.05) is 60.7 Å². The summed E-state index contributed by atoms with van der Waals surface area (Å²) in [6.45, 7) is 3.82. The zero-order valence-corrected chi connectivity index (χ0v) is 14.8. The molecule has 130 valence electrons. The molecule has 1 heterocycles. The lowest BCUT2D eigenvalue weighted by molar-refractivity contribution is -0.117. The molecule has 1 N–H and O–H groups in total. The van der Waals surface area contributed by atoms with Gasteiger partial charge in [-0.15, -0.1) is 0 Å². The van der Waals surface area contributed by atoms with E-state index in [4.69, 9.17) is 0 Å². The molecule has 3 aromatic carbocycles. The normalized spacial score (nSPS) is 13.9. The predicted molar refractivity (Wildman–Crippen MR) is 105 cm³/mol. The Kier molecular flexibility index (Phi) is 3.96. The van der Waals surface area contributed by atoms with Crippen LogP contribution in [-0.4, -0.2) is 17.9 Å². The van der Waals surface area contributed by atoms with Crippen molar-refractivity contribution in [2.24, 2.45) is 0 Å². The highest BCUT2D eigenvalue weighted by Crippen LogP contribution is 2.38. The van der Waals surface area contributed by atoms with E-state index in [9.17, 15) is 9.59 Å². The van der Waals surface area contributed by atoms with Gasteiger partial charge in [-0.2, -0.15) is 0 Å².